The molecule has 5 aromatic rings. The maximum Gasteiger partial charge on any atom is 0.261 e. The van der Waals surface area contributed by atoms with E-state index >= 15 is 9.59 Å². The molecule has 0 bridgehead atoms. The van der Waals surface area contributed by atoms with Crippen LogP contribution >= 0.6 is 56.7 Å². The number of carbonyl (C=O) groups is 2. The van der Waals surface area contributed by atoms with Gasteiger partial charge in [-0.05, 0) is 84.7 Å². The van der Waals surface area contributed by atoms with Crippen molar-refractivity contribution in [2.24, 2.45) is 11.8 Å². The van der Waals surface area contributed by atoms with Crippen LogP contribution in [0.1, 0.15) is 346 Å². The van der Waals surface area contributed by atoms with Gasteiger partial charge in [-0.3, -0.25) is 9.59 Å². The van der Waals surface area contributed by atoms with Crippen LogP contribution in [0.15, 0.2) is 59.9 Å². The van der Waals surface area contributed by atoms with Gasteiger partial charge in [0, 0.05) is 45.0 Å². The molecule has 0 aromatic carbocycles. The molecule has 2 aliphatic rings. The molecule has 2 amide bonds. The third kappa shape index (κ3) is 23.8. The lowest BCUT2D eigenvalue weighted by Gasteiger charge is -2.29. The Hall–Kier alpha value is -3.22. The van der Waals surface area contributed by atoms with Crippen LogP contribution in [0.4, 0.5) is 0 Å². The summed E-state index contributed by atoms with van der Waals surface area (Å²) in [5.74, 6) is 0.665. The number of hydrogen-bond acceptors (Lipinski definition) is 9. The van der Waals surface area contributed by atoms with Gasteiger partial charge in [-0.25, -0.2) is 9.97 Å². The number of nitrogens with zero attached hydrogens (tertiary/aromatic N) is 4. The van der Waals surface area contributed by atoms with E-state index in [1.807, 2.05) is 35.1 Å². The molecule has 11 heteroatoms. The topological polar surface area (TPSA) is 66.4 Å². The van der Waals surface area contributed by atoms with Gasteiger partial charge in [-0.2, -0.15) is 0 Å². The molecule has 0 saturated heterocycles. The number of thiazole rings is 2. The molecule has 506 valence electrons. The normalized spacial score (nSPS) is 14.6. The van der Waals surface area contributed by atoms with Crippen molar-refractivity contribution in [1.82, 2.24) is 19.8 Å². The van der Waals surface area contributed by atoms with Gasteiger partial charge in [0.15, 0.2) is 0 Å². The van der Waals surface area contributed by atoms with Gasteiger partial charge in [-0.1, -0.05) is 300 Å². The summed E-state index contributed by atoms with van der Waals surface area (Å²) < 4.78 is 0. The van der Waals surface area contributed by atoms with Gasteiger partial charge >= 0.3 is 0 Å². The molecule has 5 aromatic heterocycles. The predicted octanol–water partition coefficient (Wildman–Crippen LogP) is 27.1. The Morgan fingerprint density at radius 1 is 0.330 bits per heavy atom. The standard InChI is InChI=1S/C80H124N4O2S5/c1-11-15-19-23-27-31-33-37-41-45-49-61(47-43-39-35-29-25-21-17-13-3)59-83-73(67-57-81-75(90-67)65-52-51-63(87-65)64-53-55-69(88-64)79(5,6)7)71-72(78(83)86)74(68-58-82-76(91-68)66-54-56-70(89-66)80(8,9)10)84(77(71)85)60-62(48-44-40-36-30-26-22-18-14-4)50-46-42-38-34-32-28-24-20-16-12-2/h51-58,61-62H,11-50,59-60H2,1-10H3. The van der Waals surface area contributed by atoms with Gasteiger partial charge in [0.1, 0.15) is 10.0 Å². The van der Waals surface area contributed by atoms with Crippen LogP contribution in [-0.2, 0) is 20.4 Å². The van der Waals surface area contributed by atoms with E-state index in [0.717, 1.165) is 66.6 Å². The van der Waals surface area contributed by atoms with Gasteiger partial charge in [0.2, 0.25) is 0 Å². The van der Waals surface area contributed by atoms with Crippen molar-refractivity contribution in [1.29, 1.82) is 0 Å². The van der Waals surface area contributed by atoms with Crippen molar-refractivity contribution in [3.63, 3.8) is 0 Å². The Morgan fingerprint density at radius 3 is 0.912 bits per heavy atom. The number of unbranched alkanes of at least 4 members (excludes halogenated alkanes) is 32. The lowest BCUT2D eigenvalue weighted by Crippen LogP contribution is -2.34. The first kappa shape index (κ1) is 75.2. The quantitative estimate of drug-likeness (QED) is 0.0364. The van der Waals surface area contributed by atoms with Crippen LogP contribution in [0.25, 0.3) is 40.9 Å². The highest BCUT2D eigenvalue weighted by Gasteiger charge is 2.50. The monoisotopic (exact) mass is 1330 g/mol. The van der Waals surface area contributed by atoms with E-state index in [4.69, 9.17) is 9.97 Å². The Morgan fingerprint density at radius 2 is 0.593 bits per heavy atom. The van der Waals surface area contributed by atoms with Crippen LogP contribution in [0.2, 0.25) is 0 Å². The first-order valence-electron chi connectivity index (χ1n) is 37.5. The van der Waals surface area contributed by atoms with Crippen molar-refractivity contribution in [3.8, 4) is 29.5 Å². The molecule has 6 nitrogen and oxygen atoms in total. The second kappa shape index (κ2) is 40.4. The second-order valence-corrected chi connectivity index (χ2v) is 34.8. The van der Waals surface area contributed by atoms with E-state index in [9.17, 15) is 0 Å². The van der Waals surface area contributed by atoms with Gasteiger partial charge < -0.3 is 9.80 Å². The van der Waals surface area contributed by atoms with Crippen molar-refractivity contribution >= 4 is 79.9 Å². The molecule has 0 fully saturated rings. The first-order valence-corrected chi connectivity index (χ1v) is 41.6. The fourth-order valence-corrected chi connectivity index (χ4v) is 19.0. The number of carbonyl (C=O) groups excluding carboxylic acids is 2. The molecule has 2 unspecified atom stereocenters. The second-order valence-electron chi connectivity index (χ2n) is 29.5. The molecule has 0 radical (unpaired) electrons. The SMILES string of the molecule is CCCCCCCCCCCCC(CCCCCCCCCC)CN1C(=O)C2=C(c3cnc(-c4ccc(C(C)(C)C)s4)s3)N(CC(CCCCCCCCCC)CCCCCCCCCCCC)C(=O)C2=C1c1cnc(-c2ccc(-c3ccc(C(C)(C)C)s3)s2)s1. The van der Waals surface area contributed by atoms with E-state index in [1.54, 1.807) is 34.0 Å². The summed E-state index contributed by atoms with van der Waals surface area (Å²) in [4.78, 5) is 56.7. The summed E-state index contributed by atoms with van der Waals surface area (Å²) in [7, 11) is 0. The van der Waals surface area contributed by atoms with E-state index in [0.29, 0.717) is 36.1 Å². The molecule has 2 aliphatic heterocycles. The number of thiophene rings is 3. The summed E-state index contributed by atoms with van der Waals surface area (Å²) in [5, 5.41) is 1.90. The Kier molecular flexibility index (Phi) is 33.3. The summed E-state index contributed by atoms with van der Waals surface area (Å²) in [6.07, 6.45) is 55.3. The first-order chi connectivity index (χ1) is 44.2. The summed E-state index contributed by atoms with van der Waals surface area (Å²) in [6.45, 7) is 24.2. The minimum atomic E-state index is -0.00374. The van der Waals surface area contributed by atoms with Gasteiger partial charge in [0.05, 0.1) is 42.0 Å². The van der Waals surface area contributed by atoms with Crippen molar-refractivity contribution in [2.45, 2.75) is 337 Å². The Balaban J connectivity index is 1.26. The third-order valence-electron chi connectivity index (χ3n) is 19.4. The van der Waals surface area contributed by atoms with E-state index in [2.05, 4.69) is 115 Å². The highest BCUT2D eigenvalue weighted by molar-refractivity contribution is 7.26. The molecule has 0 spiro atoms. The van der Waals surface area contributed by atoms with Crippen LogP contribution < -0.4 is 0 Å². The lowest BCUT2D eigenvalue weighted by molar-refractivity contribution is -0.124. The van der Waals surface area contributed by atoms with Crippen molar-refractivity contribution in [3.05, 3.63) is 79.4 Å². The minimum Gasteiger partial charge on any atom is -0.306 e. The Bertz CT molecular complexity index is 2930. The summed E-state index contributed by atoms with van der Waals surface area (Å²) >= 11 is 8.83. The van der Waals surface area contributed by atoms with E-state index < -0.39 is 0 Å². The number of hydrogen-bond donors (Lipinski definition) is 0. The molecule has 7 rings (SSSR count). The smallest absolute Gasteiger partial charge is 0.261 e. The fourth-order valence-electron chi connectivity index (χ4n) is 13.7. The molecule has 0 N–H and O–H groups in total. The van der Waals surface area contributed by atoms with Crippen LogP contribution in [0, 0.1) is 11.8 Å². The largest absolute Gasteiger partial charge is 0.306 e. The highest BCUT2D eigenvalue weighted by atomic mass is 32.1. The molecule has 91 heavy (non-hydrogen) atoms. The van der Waals surface area contributed by atoms with Crippen LogP contribution in [0.5, 0.6) is 0 Å². The summed E-state index contributed by atoms with van der Waals surface area (Å²) in [5.41, 5.74) is 2.93. The molecule has 0 aliphatic carbocycles. The number of aromatic nitrogens is 2. The third-order valence-corrected chi connectivity index (χ3v) is 26.0. The predicted molar refractivity (Wildman–Crippen MR) is 403 cm³/mol. The van der Waals surface area contributed by atoms with Gasteiger partial charge in [-0.15, -0.1) is 56.7 Å². The molecular formula is C80H124N4O2S5. The zero-order valence-corrected chi connectivity index (χ0v) is 63.2. The fraction of sp³-hybridized carbons (Fsp3) is 0.700. The Labute approximate surface area is 575 Å². The molecule has 0 saturated carbocycles. The minimum absolute atomic E-state index is 0.00374. The average Bonchev–Trinajstić information content (AvgIpc) is 1.55. The van der Waals surface area contributed by atoms with E-state index in [1.165, 1.54) is 251 Å². The maximum absolute atomic E-state index is 16.3. The average molecular weight is 1330 g/mol. The van der Waals surface area contributed by atoms with Crippen molar-refractivity contribution < 1.29 is 9.59 Å². The maximum atomic E-state index is 16.3. The lowest BCUT2D eigenvalue weighted by atomic mass is 9.93. The molecule has 7 heterocycles. The van der Waals surface area contributed by atoms with Crippen LogP contribution in [-0.4, -0.2) is 44.7 Å². The number of amides is 2. The van der Waals surface area contributed by atoms with Crippen molar-refractivity contribution in [2.75, 3.05) is 13.1 Å². The molecule has 2 atom stereocenters. The summed E-state index contributed by atoms with van der Waals surface area (Å²) in [6, 6.07) is 13.5. The number of rotatable bonds is 49. The zero-order valence-electron chi connectivity index (χ0n) is 59.1. The number of fused-ring (bicyclic) bond motifs is 1. The van der Waals surface area contributed by atoms with Crippen LogP contribution in [0.3, 0.4) is 0 Å². The molecular weight excluding hydrogens is 1210 g/mol. The zero-order chi connectivity index (χ0) is 64.9. The highest BCUT2D eigenvalue weighted by Crippen LogP contribution is 2.51. The van der Waals surface area contributed by atoms with Gasteiger partial charge in [0.25, 0.3) is 11.8 Å². The van der Waals surface area contributed by atoms with E-state index in [-0.39, 0.29) is 22.6 Å².